The molecular formula is C9H21NO. The first-order valence-corrected chi connectivity index (χ1v) is 4.54. The van der Waals surface area contributed by atoms with Crippen LogP contribution in [0.4, 0.5) is 0 Å². The zero-order valence-corrected chi connectivity index (χ0v) is 7.93. The Morgan fingerprint density at radius 2 is 1.64 bits per heavy atom. The van der Waals surface area contributed by atoms with E-state index in [0.717, 1.165) is 25.7 Å². The largest absolute Gasteiger partial charge is 0.388 e. The monoisotopic (exact) mass is 159 g/mol. The molecule has 0 unspecified atom stereocenters. The molecule has 0 saturated heterocycles. The van der Waals surface area contributed by atoms with Gasteiger partial charge in [0, 0.05) is 6.04 Å². The lowest BCUT2D eigenvalue weighted by Gasteiger charge is -2.31. The van der Waals surface area contributed by atoms with Crippen LogP contribution in [-0.4, -0.2) is 16.7 Å². The van der Waals surface area contributed by atoms with E-state index in [-0.39, 0.29) is 6.04 Å². The fourth-order valence-electron chi connectivity index (χ4n) is 1.45. The van der Waals surface area contributed by atoms with Crippen molar-refractivity contribution >= 4 is 0 Å². The molecule has 0 aliphatic rings. The molecule has 0 spiro atoms. The first-order valence-electron chi connectivity index (χ1n) is 4.54. The Morgan fingerprint density at radius 1 is 1.27 bits per heavy atom. The van der Waals surface area contributed by atoms with E-state index in [1.54, 1.807) is 0 Å². The first-order chi connectivity index (χ1) is 5.06. The smallest absolute Gasteiger partial charge is 0.0795 e. The van der Waals surface area contributed by atoms with Crippen molar-refractivity contribution in [1.29, 1.82) is 0 Å². The van der Waals surface area contributed by atoms with Crippen molar-refractivity contribution in [3.05, 3.63) is 0 Å². The lowest BCUT2D eigenvalue weighted by atomic mass is 9.87. The van der Waals surface area contributed by atoms with E-state index in [4.69, 9.17) is 5.73 Å². The molecule has 0 amide bonds. The lowest BCUT2D eigenvalue weighted by Crippen LogP contribution is -2.45. The second kappa shape index (κ2) is 4.73. The van der Waals surface area contributed by atoms with E-state index in [0.29, 0.717) is 0 Å². The van der Waals surface area contributed by atoms with E-state index in [1.165, 1.54) is 0 Å². The highest BCUT2D eigenvalue weighted by Gasteiger charge is 2.28. The highest BCUT2D eigenvalue weighted by atomic mass is 16.3. The predicted octanol–water partition coefficient (Wildman–Crippen LogP) is 1.66. The molecule has 0 aliphatic heterocycles. The van der Waals surface area contributed by atoms with Crippen LogP contribution < -0.4 is 5.73 Å². The molecule has 2 nitrogen and oxygen atoms in total. The Hall–Kier alpha value is -0.0800. The molecule has 0 saturated carbocycles. The molecule has 0 fully saturated rings. The molecular weight excluding hydrogens is 138 g/mol. The van der Waals surface area contributed by atoms with Crippen molar-refractivity contribution < 1.29 is 5.11 Å². The van der Waals surface area contributed by atoms with Gasteiger partial charge in [-0.05, 0) is 19.8 Å². The molecule has 0 aromatic rings. The summed E-state index contributed by atoms with van der Waals surface area (Å²) in [6.45, 7) is 6.03. The van der Waals surface area contributed by atoms with E-state index in [9.17, 15) is 5.11 Å². The van der Waals surface area contributed by atoms with Crippen LogP contribution in [0.3, 0.4) is 0 Å². The van der Waals surface area contributed by atoms with E-state index in [1.807, 2.05) is 6.92 Å². The summed E-state index contributed by atoms with van der Waals surface area (Å²) in [6, 6.07) is -0.109. The van der Waals surface area contributed by atoms with Crippen molar-refractivity contribution in [1.82, 2.24) is 0 Å². The summed E-state index contributed by atoms with van der Waals surface area (Å²) in [5, 5.41) is 9.96. The number of rotatable bonds is 5. The van der Waals surface area contributed by atoms with Gasteiger partial charge in [-0.15, -0.1) is 0 Å². The number of hydrogen-bond donors (Lipinski definition) is 2. The predicted molar refractivity (Wildman–Crippen MR) is 48.4 cm³/mol. The van der Waals surface area contributed by atoms with Gasteiger partial charge in [0.25, 0.3) is 0 Å². The second-order valence-electron chi connectivity index (χ2n) is 3.39. The van der Waals surface area contributed by atoms with Gasteiger partial charge in [0.1, 0.15) is 0 Å². The quantitative estimate of drug-likeness (QED) is 0.641. The molecule has 11 heavy (non-hydrogen) atoms. The highest BCUT2D eigenvalue weighted by molar-refractivity contribution is 4.85. The van der Waals surface area contributed by atoms with E-state index in [2.05, 4.69) is 13.8 Å². The molecule has 68 valence electrons. The van der Waals surface area contributed by atoms with Crippen LogP contribution in [-0.2, 0) is 0 Å². The molecule has 0 rings (SSSR count). The highest BCUT2D eigenvalue weighted by Crippen LogP contribution is 2.21. The van der Waals surface area contributed by atoms with Crippen LogP contribution in [0.2, 0.25) is 0 Å². The molecule has 1 atom stereocenters. The fraction of sp³-hybridized carbons (Fsp3) is 1.00. The van der Waals surface area contributed by atoms with Gasteiger partial charge in [-0.3, -0.25) is 0 Å². The summed E-state index contributed by atoms with van der Waals surface area (Å²) in [6.07, 6.45) is 3.63. The second-order valence-corrected chi connectivity index (χ2v) is 3.39. The average Bonchev–Trinajstić information content (AvgIpc) is 1.88. The van der Waals surface area contributed by atoms with Crippen molar-refractivity contribution in [2.45, 2.75) is 58.1 Å². The molecule has 0 aromatic carbocycles. The Bertz CT molecular complexity index is 95.7. The molecule has 0 radical (unpaired) electrons. The van der Waals surface area contributed by atoms with Gasteiger partial charge in [0.05, 0.1) is 5.60 Å². The lowest BCUT2D eigenvalue weighted by molar-refractivity contribution is 0.00158. The van der Waals surface area contributed by atoms with Crippen molar-refractivity contribution in [3.63, 3.8) is 0 Å². The third-order valence-electron chi connectivity index (χ3n) is 2.21. The van der Waals surface area contributed by atoms with Crippen LogP contribution in [0, 0.1) is 0 Å². The minimum Gasteiger partial charge on any atom is -0.388 e. The van der Waals surface area contributed by atoms with Gasteiger partial charge < -0.3 is 10.8 Å². The Labute approximate surface area is 69.8 Å². The standard InChI is InChI=1S/C9H21NO/c1-4-6-9(11,7-5-2)8(3)10/h8,11H,4-7,10H2,1-3H3/t8-/m1/s1. The molecule has 0 aliphatic carbocycles. The maximum absolute atomic E-state index is 9.96. The molecule has 0 aromatic heterocycles. The third-order valence-corrected chi connectivity index (χ3v) is 2.21. The summed E-state index contributed by atoms with van der Waals surface area (Å²) in [5.41, 5.74) is 5.07. The Morgan fingerprint density at radius 3 is 1.82 bits per heavy atom. The van der Waals surface area contributed by atoms with Crippen LogP contribution >= 0.6 is 0 Å². The minimum atomic E-state index is -0.622. The number of nitrogens with two attached hydrogens (primary N) is 1. The van der Waals surface area contributed by atoms with Crippen LogP contribution in [0.1, 0.15) is 46.5 Å². The maximum atomic E-state index is 9.96. The van der Waals surface area contributed by atoms with Gasteiger partial charge in [-0.2, -0.15) is 0 Å². The normalized spacial score (nSPS) is 15.0. The van der Waals surface area contributed by atoms with E-state index < -0.39 is 5.60 Å². The van der Waals surface area contributed by atoms with Crippen molar-refractivity contribution in [3.8, 4) is 0 Å². The molecule has 0 bridgehead atoms. The van der Waals surface area contributed by atoms with Gasteiger partial charge in [0.15, 0.2) is 0 Å². The topological polar surface area (TPSA) is 46.2 Å². The Kier molecular flexibility index (Phi) is 4.69. The van der Waals surface area contributed by atoms with Crippen LogP contribution in [0.15, 0.2) is 0 Å². The molecule has 2 heteroatoms. The van der Waals surface area contributed by atoms with Gasteiger partial charge >= 0.3 is 0 Å². The number of aliphatic hydroxyl groups is 1. The summed E-state index contributed by atoms with van der Waals surface area (Å²) >= 11 is 0. The summed E-state index contributed by atoms with van der Waals surface area (Å²) in [7, 11) is 0. The number of hydrogen-bond acceptors (Lipinski definition) is 2. The van der Waals surface area contributed by atoms with Gasteiger partial charge in [-0.1, -0.05) is 26.7 Å². The average molecular weight is 159 g/mol. The Balaban J connectivity index is 4.01. The third kappa shape index (κ3) is 3.21. The zero-order chi connectivity index (χ0) is 8.91. The zero-order valence-electron chi connectivity index (χ0n) is 7.93. The molecule has 3 N–H and O–H groups in total. The maximum Gasteiger partial charge on any atom is 0.0795 e. The van der Waals surface area contributed by atoms with Crippen LogP contribution in [0.5, 0.6) is 0 Å². The minimum absolute atomic E-state index is 0.109. The summed E-state index contributed by atoms with van der Waals surface area (Å²) in [5.74, 6) is 0. The van der Waals surface area contributed by atoms with Gasteiger partial charge in [0.2, 0.25) is 0 Å². The van der Waals surface area contributed by atoms with Crippen LogP contribution in [0.25, 0.3) is 0 Å². The SMILES string of the molecule is CCCC(O)(CCC)[C@@H](C)N. The van der Waals surface area contributed by atoms with Crippen molar-refractivity contribution in [2.24, 2.45) is 5.73 Å². The van der Waals surface area contributed by atoms with E-state index >= 15 is 0 Å². The fourth-order valence-corrected chi connectivity index (χ4v) is 1.45. The van der Waals surface area contributed by atoms with Crippen molar-refractivity contribution in [2.75, 3.05) is 0 Å². The first kappa shape index (κ1) is 10.9. The summed E-state index contributed by atoms with van der Waals surface area (Å²) < 4.78 is 0. The molecule has 0 heterocycles. The van der Waals surface area contributed by atoms with Gasteiger partial charge in [-0.25, -0.2) is 0 Å². The summed E-state index contributed by atoms with van der Waals surface area (Å²) in [4.78, 5) is 0.